The van der Waals surface area contributed by atoms with E-state index in [1.807, 2.05) is 24.3 Å². The van der Waals surface area contributed by atoms with Crippen LogP contribution in [0.2, 0.25) is 5.02 Å². The summed E-state index contributed by atoms with van der Waals surface area (Å²) in [6.45, 7) is 8.78. The van der Waals surface area contributed by atoms with Gasteiger partial charge in [0, 0.05) is 49.1 Å². The van der Waals surface area contributed by atoms with Crippen LogP contribution in [0, 0.1) is 6.92 Å². The summed E-state index contributed by atoms with van der Waals surface area (Å²) in [5.41, 5.74) is 1.42. The molecule has 0 unspecified atom stereocenters. The van der Waals surface area contributed by atoms with Crippen LogP contribution in [-0.4, -0.2) is 59.0 Å². The molecule has 2 aliphatic rings. The van der Waals surface area contributed by atoms with Crippen molar-refractivity contribution in [2.24, 2.45) is 0 Å². The zero-order valence-electron chi connectivity index (χ0n) is 16.8. The van der Waals surface area contributed by atoms with E-state index in [0.717, 1.165) is 18.8 Å². The zero-order valence-corrected chi connectivity index (χ0v) is 17.6. The lowest BCUT2D eigenvalue weighted by molar-refractivity contribution is 0.0534. The van der Waals surface area contributed by atoms with Crippen LogP contribution in [0.3, 0.4) is 0 Å². The molecule has 2 aromatic rings. The van der Waals surface area contributed by atoms with Gasteiger partial charge in [-0.15, -0.1) is 6.58 Å². The van der Waals surface area contributed by atoms with Gasteiger partial charge in [-0.05, 0) is 31.2 Å². The number of hydrogen-bond acceptors (Lipinski definition) is 5. The third-order valence-electron chi connectivity index (χ3n) is 5.64. The molecule has 0 atom stereocenters. The highest BCUT2D eigenvalue weighted by atomic mass is 35.5. The first kappa shape index (κ1) is 20.4. The molecular formula is C22H23ClN4O3. The van der Waals surface area contributed by atoms with E-state index in [-0.39, 0.29) is 17.8 Å². The molecule has 0 bridgehead atoms. The minimum atomic E-state index is -0.518. The van der Waals surface area contributed by atoms with E-state index in [0.29, 0.717) is 30.4 Å². The third kappa shape index (κ3) is 3.55. The molecule has 8 heteroatoms. The van der Waals surface area contributed by atoms with Crippen molar-refractivity contribution in [1.29, 1.82) is 0 Å². The number of hydrogen-bond donors (Lipinski definition) is 0. The van der Waals surface area contributed by atoms with Gasteiger partial charge in [-0.25, -0.2) is 0 Å². The van der Waals surface area contributed by atoms with Crippen molar-refractivity contribution < 1.29 is 9.59 Å². The summed E-state index contributed by atoms with van der Waals surface area (Å²) in [7, 11) is 0. The van der Waals surface area contributed by atoms with E-state index in [4.69, 9.17) is 11.6 Å². The topological polar surface area (TPSA) is 65.9 Å². The van der Waals surface area contributed by atoms with Crippen molar-refractivity contribution in [2.75, 3.05) is 37.7 Å². The maximum Gasteiger partial charge on any atom is 0.268 e. The number of anilines is 1. The smallest absolute Gasteiger partial charge is 0.268 e. The predicted molar refractivity (Wildman–Crippen MR) is 116 cm³/mol. The van der Waals surface area contributed by atoms with Crippen LogP contribution < -0.4 is 10.5 Å². The largest absolute Gasteiger partial charge is 0.369 e. The highest BCUT2D eigenvalue weighted by Crippen LogP contribution is 2.23. The fraction of sp³-hybridized carbons (Fsp3) is 0.318. The molecule has 1 saturated heterocycles. The normalized spacial score (nSPS) is 16.9. The number of allylic oxidation sites excluding steroid dienone is 1. The number of aromatic nitrogens is 1. The second kappa shape index (κ2) is 8.08. The first-order chi connectivity index (χ1) is 14.4. The Morgan fingerprint density at radius 3 is 2.47 bits per heavy atom. The summed E-state index contributed by atoms with van der Waals surface area (Å²) in [5, 5.41) is 0.693. The number of amides is 2. The molecule has 30 heavy (non-hydrogen) atoms. The van der Waals surface area contributed by atoms with Crippen molar-refractivity contribution in [3.63, 3.8) is 0 Å². The molecule has 2 amide bonds. The van der Waals surface area contributed by atoms with Gasteiger partial charge in [0.15, 0.2) is 0 Å². The number of aryl methyl sites for hydroxylation is 1. The fourth-order valence-corrected chi connectivity index (χ4v) is 4.21. The lowest BCUT2D eigenvalue weighted by Gasteiger charge is -2.37. The average Bonchev–Trinajstić information content (AvgIpc) is 2.96. The van der Waals surface area contributed by atoms with Crippen LogP contribution in [-0.2, 0) is 6.54 Å². The predicted octanol–water partition coefficient (Wildman–Crippen LogP) is 2.37. The summed E-state index contributed by atoms with van der Waals surface area (Å²) >= 11 is 6.09. The monoisotopic (exact) mass is 426 g/mol. The van der Waals surface area contributed by atoms with Crippen LogP contribution >= 0.6 is 11.6 Å². The van der Waals surface area contributed by atoms with Crippen molar-refractivity contribution in [1.82, 2.24) is 14.4 Å². The number of imide groups is 1. The summed E-state index contributed by atoms with van der Waals surface area (Å²) in [5.74, 6) is -0.923. The standard InChI is InChI=1S/C22H23ClN4O3/c1-3-7-26-15(2)12-18-19(21(26)29)22(30)27(20(18)28)14-24-8-10-25(11-9-24)17-6-4-5-16(23)13-17/h3-6,12-13H,1,7-11,14H2,2H3. The molecule has 7 nitrogen and oxygen atoms in total. The van der Waals surface area contributed by atoms with Crippen molar-refractivity contribution in [3.8, 4) is 0 Å². The van der Waals surface area contributed by atoms with Gasteiger partial charge in [0.05, 0.1) is 12.2 Å². The molecule has 0 saturated carbocycles. The number of carbonyl (C=O) groups is 2. The molecule has 0 aliphatic carbocycles. The number of rotatable bonds is 5. The Morgan fingerprint density at radius 1 is 1.07 bits per heavy atom. The molecule has 0 N–H and O–H groups in total. The summed E-state index contributed by atoms with van der Waals surface area (Å²) in [4.78, 5) is 44.0. The maximum absolute atomic E-state index is 12.9. The minimum Gasteiger partial charge on any atom is -0.369 e. The zero-order chi connectivity index (χ0) is 21.4. The van der Waals surface area contributed by atoms with Gasteiger partial charge >= 0.3 is 0 Å². The molecule has 1 aromatic heterocycles. The SMILES string of the molecule is C=CCn1c(C)cc2c(c1=O)C(=O)N(CN1CCN(c3cccc(Cl)c3)CC1)C2=O. The molecule has 1 fully saturated rings. The van der Waals surface area contributed by atoms with Crippen LogP contribution in [0.5, 0.6) is 0 Å². The molecule has 2 aliphatic heterocycles. The van der Waals surface area contributed by atoms with E-state index in [1.54, 1.807) is 19.1 Å². The van der Waals surface area contributed by atoms with E-state index in [9.17, 15) is 14.4 Å². The quantitative estimate of drug-likeness (QED) is 0.542. The second-order valence-corrected chi connectivity index (χ2v) is 7.98. The molecule has 1 aromatic carbocycles. The Morgan fingerprint density at radius 2 is 1.80 bits per heavy atom. The Labute approximate surface area is 179 Å². The van der Waals surface area contributed by atoms with Gasteiger partial charge in [-0.2, -0.15) is 0 Å². The van der Waals surface area contributed by atoms with Gasteiger partial charge in [-0.1, -0.05) is 23.7 Å². The van der Waals surface area contributed by atoms with Gasteiger partial charge in [0.1, 0.15) is 5.56 Å². The maximum atomic E-state index is 12.9. The van der Waals surface area contributed by atoms with Crippen LogP contribution in [0.15, 0.2) is 47.8 Å². The van der Waals surface area contributed by atoms with E-state index in [2.05, 4.69) is 16.4 Å². The Balaban J connectivity index is 1.48. The van der Waals surface area contributed by atoms with Crippen LogP contribution in [0.4, 0.5) is 5.69 Å². The Hall–Kier alpha value is -2.90. The Bertz CT molecular complexity index is 1090. The number of carbonyl (C=O) groups excluding carboxylic acids is 2. The van der Waals surface area contributed by atoms with E-state index >= 15 is 0 Å². The van der Waals surface area contributed by atoms with E-state index in [1.165, 1.54) is 9.47 Å². The molecule has 3 heterocycles. The number of piperazine rings is 1. The fourth-order valence-electron chi connectivity index (χ4n) is 4.02. The van der Waals surface area contributed by atoms with Crippen LogP contribution in [0.1, 0.15) is 26.4 Å². The lowest BCUT2D eigenvalue weighted by atomic mass is 10.1. The number of halogens is 1. The molecular weight excluding hydrogens is 404 g/mol. The number of benzene rings is 1. The highest BCUT2D eigenvalue weighted by Gasteiger charge is 2.40. The second-order valence-electron chi connectivity index (χ2n) is 7.54. The van der Waals surface area contributed by atoms with Crippen LogP contribution in [0.25, 0.3) is 0 Å². The number of pyridine rings is 1. The number of nitrogens with zero attached hydrogens (tertiary/aromatic N) is 4. The first-order valence-electron chi connectivity index (χ1n) is 9.85. The van der Waals surface area contributed by atoms with Gasteiger partial charge in [0.2, 0.25) is 0 Å². The third-order valence-corrected chi connectivity index (χ3v) is 5.88. The van der Waals surface area contributed by atoms with Gasteiger partial charge < -0.3 is 9.47 Å². The molecule has 0 radical (unpaired) electrons. The van der Waals surface area contributed by atoms with Crippen molar-refractivity contribution in [3.05, 3.63) is 75.2 Å². The first-order valence-corrected chi connectivity index (χ1v) is 10.2. The highest BCUT2D eigenvalue weighted by molar-refractivity contribution is 6.30. The number of fused-ring (bicyclic) bond motifs is 1. The average molecular weight is 427 g/mol. The van der Waals surface area contributed by atoms with Crippen molar-refractivity contribution >= 4 is 29.1 Å². The lowest BCUT2D eigenvalue weighted by Crippen LogP contribution is -2.51. The van der Waals surface area contributed by atoms with Gasteiger partial charge in [0.25, 0.3) is 17.4 Å². The molecule has 156 valence electrons. The minimum absolute atomic E-state index is 0.0370. The molecule has 4 rings (SSSR count). The van der Waals surface area contributed by atoms with Gasteiger partial charge in [-0.3, -0.25) is 24.2 Å². The Kier molecular flexibility index (Phi) is 5.49. The summed E-state index contributed by atoms with van der Waals surface area (Å²) in [6, 6.07) is 9.33. The molecule has 0 spiro atoms. The van der Waals surface area contributed by atoms with Crippen molar-refractivity contribution in [2.45, 2.75) is 13.5 Å². The summed E-state index contributed by atoms with van der Waals surface area (Å²) in [6.07, 6.45) is 1.60. The van der Waals surface area contributed by atoms with E-state index < -0.39 is 17.4 Å². The summed E-state index contributed by atoms with van der Waals surface area (Å²) < 4.78 is 1.46.